The lowest BCUT2D eigenvalue weighted by atomic mass is 10.1. The number of hydrogen-bond donors (Lipinski definition) is 1. The molecular formula is C20H16BrN3O3S. The highest BCUT2D eigenvalue weighted by Crippen LogP contribution is 2.31. The summed E-state index contributed by atoms with van der Waals surface area (Å²) in [7, 11) is 0. The minimum Gasteiger partial charge on any atom is -0.408 e. The molecule has 4 aromatic rings. The lowest BCUT2D eigenvalue weighted by Crippen LogP contribution is -2.19. The molecule has 4 rings (SSSR count). The molecule has 0 saturated carbocycles. The van der Waals surface area contributed by atoms with Crippen LogP contribution in [-0.4, -0.2) is 15.5 Å². The number of halogens is 1. The Morgan fingerprint density at radius 2 is 1.96 bits per heavy atom. The largest absolute Gasteiger partial charge is 0.419 e. The number of oxazole rings is 1. The zero-order valence-electron chi connectivity index (χ0n) is 14.9. The minimum absolute atomic E-state index is 0.148. The molecule has 1 N–H and O–H groups in total. The summed E-state index contributed by atoms with van der Waals surface area (Å²) in [6.45, 7) is 2.22. The van der Waals surface area contributed by atoms with Crippen molar-refractivity contribution in [3.05, 3.63) is 68.4 Å². The third-order valence-electron chi connectivity index (χ3n) is 4.30. The van der Waals surface area contributed by atoms with E-state index in [2.05, 4.69) is 26.2 Å². The number of aromatic nitrogens is 2. The predicted octanol–water partition coefficient (Wildman–Crippen LogP) is 4.82. The number of hydrogen-bond acceptors (Lipinski definition) is 5. The fourth-order valence-corrected chi connectivity index (χ4v) is 4.06. The Bertz CT molecular complexity index is 1210. The van der Waals surface area contributed by atoms with Crippen molar-refractivity contribution in [2.24, 2.45) is 0 Å². The van der Waals surface area contributed by atoms with E-state index in [4.69, 9.17) is 4.42 Å². The molecular weight excluding hydrogens is 442 g/mol. The lowest BCUT2D eigenvalue weighted by Gasteiger charge is -2.03. The Hall–Kier alpha value is -2.71. The summed E-state index contributed by atoms with van der Waals surface area (Å²) in [6.07, 6.45) is 0.148. The maximum atomic E-state index is 12.4. The number of nitrogens with one attached hydrogen (secondary N) is 1. The third-order valence-corrected chi connectivity index (χ3v) is 5.71. The normalized spacial score (nSPS) is 11.1. The van der Waals surface area contributed by atoms with Gasteiger partial charge >= 0.3 is 5.76 Å². The number of fused-ring (bicyclic) bond motifs is 1. The van der Waals surface area contributed by atoms with Crippen molar-refractivity contribution in [2.75, 3.05) is 5.32 Å². The van der Waals surface area contributed by atoms with Crippen LogP contribution in [0.15, 0.2) is 62.2 Å². The summed E-state index contributed by atoms with van der Waals surface area (Å²) >= 11 is 4.85. The molecule has 6 nitrogen and oxygen atoms in total. The topological polar surface area (TPSA) is 77.1 Å². The summed E-state index contributed by atoms with van der Waals surface area (Å²) in [5.74, 6) is -0.662. The van der Waals surface area contributed by atoms with Crippen molar-refractivity contribution in [3.63, 3.8) is 0 Å². The van der Waals surface area contributed by atoms with Crippen molar-refractivity contribution in [1.82, 2.24) is 9.55 Å². The van der Waals surface area contributed by atoms with Gasteiger partial charge in [0, 0.05) is 27.9 Å². The quantitative estimate of drug-likeness (QED) is 0.465. The van der Waals surface area contributed by atoms with Gasteiger partial charge in [0.25, 0.3) is 0 Å². The van der Waals surface area contributed by atoms with E-state index >= 15 is 0 Å². The van der Waals surface area contributed by atoms with Crippen LogP contribution in [-0.2, 0) is 11.3 Å². The Morgan fingerprint density at radius 3 is 2.75 bits per heavy atom. The Balaban J connectivity index is 1.45. The van der Waals surface area contributed by atoms with Gasteiger partial charge in [-0.15, -0.1) is 11.3 Å². The second-order valence-electron chi connectivity index (χ2n) is 6.22. The molecule has 142 valence electrons. The maximum Gasteiger partial charge on any atom is 0.419 e. The van der Waals surface area contributed by atoms with E-state index in [1.54, 1.807) is 18.2 Å². The van der Waals surface area contributed by atoms with Crippen LogP contribution in [0.4, 0.5) is 5.13 Å². The zero-order valence-corrected chi connectivity index (χ0v) is 17.3. The first kappa shape index (κ1) is 18.6. The number of rotatable bonds is 5. The summed E-state index contributed by atoms with van der Waals surface area (Å²) in [4.78, 5) is 29.9. The molecule has 0 aliphatic rings. The summed E-state index contributed by atoms with van der Waals surface area (Å²) in [5.41, 5.74) is 3.05. The van der Waals surface area contributed by atoms with Crippen LogP contribution in [0.2, 0.25) is 0 Å². The van der Waals surface area contributed by atoms with Crippen molar-refractivity contribution in [2.45, 2.75) is 19.9 Å². The molecule has 2 aromatic heterocycles. The number of para-hydroxylation sites is 2. The molecule has 0 spiro atoms. The van der Waals surface area contributed by atoms with E-state index in [0.717, 1.165) is 20.6 Å². The smallest absolute Gasteiger partial charge is 0.408 e. The molecule has 2 heterocycles. The van der Waals surface area contributed by atoms with Crippen molar-refractivity contribution in [3.8, 4) is 11.3 Å². The molecule has 28 heavy (non-hydrogen) atoms. The number of benzene rings is 2. The van der Waals surface area contributed by atoms with E-state index in [9.17, 15) is 9.59 Å². The van der Waals surface area contributed by atoms with Gasteiger partial charge in [-0.2, -0.15) is 0 Å². The minimum atomic E-state index is -0.461. The van der Waals surface area contributed by atoms with Gasteiger partial charge in [0.2, 0.25) is 5.91 Å². The standard InChI is InChI=1S/C20H16BrN3O3S/c1-12-18(13-6-8-14(21)9-7-13)23-19(28-12)22-17(25)10-11-24-15-4-2-3-5-16(15)27-20(24)26/h2-9H,10-11H2,1H3,(H,22,23,25). The first-order valence-corrected chi connectivity index (χ1v) is 10.2. The van der Waals surface area contributed by atoms with Gasteiger partial charge in [-0.25, -0.2) is 9.78 Å². The Labute approximate surface area is 173 Å². The maximum absolute atomic E-state index is 12.4. The van der Waals surface area contributed by atoms with Crippen LogP contribution in [0.1, 0.15) is 11.3 Å². The van der Waals surface area contributed by atoms with Crippen LogP contribution in [0.5, 0.6) is 0 Å². The second kappa shape index (κ2) is 7.73. The molecule has 0 fully saturated rings. The molecule has 0 unspecified atom stereocenters. The molecule has 0 radical (unpaired) electrons. The molecule has 0 aliphatic carbocycles. The fraction of sp³-hybridized carbons (Fsp3) is 0.150. The molecule has 2 aromatic carbocycles. The Morgan fingerprint density at radius 1 is 1.21 bits per heavy atom. The monoisotopic (exact) mass is 457 g/mol. The molecule has 0 saturated heterocycles. The molecule has 0 aliphatic heterocycles. The number of carbonyl (C=O) groups excluding carboxylic acids is 1. The second-order valence-corrected chi connectivity index (χ2v) is 8.34. The summed E-state index contributed by atoms with van der Waals surface area (Å²) in [5, 5.41) is 3.37. The zero-order chi connectivity index (χ0) is 19.7. The number of carbonyl (C=O) groups is 1. The van der Waals surface area contributed by atoms with E-state index in [-0.39, 0.29) is 18.9 Å². The van der Waals surface area contributed by atoms with Crippen LogP contribution in [0, 0.1) is 6.92 Å². The van der Waals surface area contributed by atoms with Gasteiger partial charge in [-0.3, -0.25) is 9.36 Å². The number of aryl methyl sites for hydroxylation is 2. The number of anilines is 1. The summed E-state index contributed by atoms with van der Waals surface area (Å²) in [6, 6.07) is 15.0. The van der Waals surface area contributed by atoms with Crippen LogP contribution < -0.4 is 11.1 Å². The highest BCUT2D eigenvalue weighted by atomic mass is 79.9. The third kappa shape index (κ3) is 3.79. The summed E-state index contributed by atoms with van der Waals surface area (Å²) < 4.78 is 7.66. The van der Waals surface area contributed by atoms with Gasteiger partial charge in [-0.1, -0.05) is 40.2 Å². The lowest BCUT2D eigenvalue weighted by molar-refractivity contribution is -0.116. The van der Waals surface area contributed by atoms with E-state index < -0.39 is 5.76 Å². The average molecular weight is 458 g/mol. The molecule has 1 amide bonds. The molecule has 0 bridgehead atoms. The van der Waals surface area contributed by atoms with E-state index in [1.807, 2.05) is 37.3 Å². The van der Waals surface area contributed by atoms with Gasteiger partial charge < -0.3 is 9.73 Å². The van der Waals surface area contributed by atoms with Gasteiger partial charge in [-0.05, 0) is 31.2 Å². The van der Waals surface area contributed by atoms with Crippen LogP contribution >= 0.6 is 27.3 Å². The first-order chi connectivity index (χ1) is 13.5. The molecule has 0 atom stereocenters. The SMILES string of the molecule is Cc1sc(NC(=O)CCn2c(=O)oc3ccccc32)nc1-c1ccc(Br)cc1. The van der Waals surface area contributed by atoms with Gasteiger partial charge in [0.1, 0.15) is 0 Å². The highest BCUT2D eigenvalue weighted by Gasteiger charge is 2.14. The first-order valence-electron chi connectivity index (χ1n) is 8.63. The van der Waals surface area contributed by atoms with Gasteiger partial charge in [0.05, 0.1) is 11.2 Å². The highest BCUT2D eigenvalue weighted by molar-refractivity contribution is 9.10. The number of amides is 1. The predicted molar refractivity (Wildman–Crippen MR) is 114 cm³/mol. The average Bonchev–Trinajstić information content (AvgIpc) is 3.19. The molecule has 8 heteroatoms. The number of nitrogens with zero attached hydrogens (tertiary/aromatic N) is 2. The van der Waals surface area contributed by atoms with Crippen LogP contribution in [0.3, 0.4) is 0 Å². The van der Waals surface area contributed by atoms with E-state index in [0.29, 0.717) is 16.2 Å². The van der Waals surface area contributed by atoms with Crippen molar-refractivity contribution >= 4 is 49.4 Å². The number of thiazole rings is 1. The van der Waals surface area contributed by atoms with Crippen molar-refractivity contribution in [1.29, 1.82) is 0 Å². The van der Waals surface area contributed by atoms with Crippen LogP contribution in [0.25, 0.3) is 22.4 Å². The van der Waals surface area contributed by atoms with E-state index in [1.165, 1.54) is 15.9 Å². The fourth-order valence-electron chi connectivity index (χ4n) is 2.95. The van der Waals surface area contributed by atoms with Gasteiger partial charge in [0.15, 0.2) is 10.7 Å². The Kier molecular flexibility index (Phi) is 5.15. The van der Waals surface area contributed by atoms with Crippen molar-refractivity contribution < 1.29 is 9.21 Å².